The largest absolute Gasteiger partial charge is 0.497 e. The van der Waals surface area contributed by atoms with Crippen LogP contribution in [0.1, 0.15) is 0 Å². The van der Waals surface area contributed by atoms with Gasteiger partial charge < -0.3 is 14.9 Å². The molecule has 0 saturated heterocycles. The number of benzene rings is 4. The number of methoxy groups -OCH3 is 1. The number of hydrogen-bond acceptors (Lipinski definition) is 3. The van der Waals surface area contributed by atoms with Crippen molar-refractivity contribution in [2.75, 3.05) is 12.8 Å². The van der Waals surface area contributed by atoms with Crippen LogP contribution in [0.3, 0.4) is 0 Å². The van der Waals surface area contributed by atoms with Crippen LogP contribution in [0.2, 0.25) is 0 Å². The van der Waals surface area contributed by atoms with Crippen LogP contribution in [0.25, 0.3) is 44.2 Å². The van der Waals surface area contributed by atoms with Crippen molar-refractivity contribution in [3.8, 4) is 28.2 Å². The van der Waals surface area contributed by atoms with Crippen LogP contribution in [0.5, 0.6) is 5.75 Å². The smallest absolute Gasteiger partial charge is 0.200 e. The van der Waals surface area contributed by atoms with E-state index in [-0.39, 0.29) is 0 Å². The molecule has 136 valence electrons. The Kier molecular flexibility index (Phi) is 3.59. The normalized spacial score (nSPS) is 11.3. The van der Waals surface area contributed by atoms with Crippen LogP contribution in [0.15, 0.2) is 77.2 Å². The summed E-state index contributed by atoms with van der Waals surface area (Å²) in [5.74, 6) is 1.59. The quantitative estimate of drug-likeness (QED) is 0.370. The number of anilines is 1. The Morgan fingerprint density at radius 1 is 0.857 bits per heavy atom. The van der Waals surface area contributed by atoms with Gasteiger partial charge in [0, 0.05) is 34.3 Å². The molecule has 4 N–H and O–H groups in total. The molecule has 0 fully saturated rings. The van der Waals surface area contributed by atoms with Gasteiger partial charge in [-0.05, 0) is 52.7 Å². The molecule has 0 spiro atoms. The van der Waals surface area contributed by atoms with E-state index in [4.69, 9.17) is 20.3 Å². The molecule has 1 heterocycles. The van der Waals surface area contributed by atoms with Crippen molar-refractivity contribution in [1.29, 1.82) is 0 Å². The van der Waals surface area contributed by atoms with Gasteiger partial charge in [-0.25, -0.2) is 0 Å². The summed E-state index contributed by atoms with van der Waals surface area (Å²) in [6.07, 6.45) is 0. The minimum Gasteiger partial charge on any atom is -0.497 e. The average molecular weight is 367 g/mol. The highest BCUT2D eigenvalue weighted by molar-refractivity contribution is 6.04. The van der Waals surface area contributed by atoms with E-state index < -0.39 is 0 Å². The monoisotopic (exact) mass is 367 g/mol. The highest BCUT2D eigenvalue weighted by Gasteiger charge is 2.18. The molecular formula is C24H19N2O2+. The fourth-order valence-electron chi connectivity index (χ4n) is 3.74. The van der Waals surface area contributed by atoms with Crippen molar-refractivity contribution in [3.63, 3.8) is 0 Å². The molecular weight excluding hydrogens is 348 g/mol. The number of ether oxygens (including phenoxy) is 1. The first-order valence-electron chi connectivity index (χ1n) is 9.05. The number of hydrogen-bond donors (Lipinski definition) is 2. The zero-order valence-electron chi connectivity index (χ0n) is 15.4. The second-order valence-electron chi connectivity index (χ2n) is 6.92. The molecule has 4 nitrogen and oxygen atoms in total. The topological polar surface area (TPSA) is 74.0 Å². The zero-order chi connectivity index (χ0) is 19.3. The molecule has 0 amide bonds. The Bertz CT molecular complexity index is 1390. The van der Waals surface area contributed by atoms with E-state index >= 15 is 0 Å². The number of rotatable bonds is 2. The van der Waals surface area contributed by atoms with Crippen LogP contribution >= 0.6 is 0 Å². The van der Waals surface area contributed by atoms with Crippen LogP contribution in [0, 0.1) is 0 Å². The van der Waals surface area contributed by atoms with E-state index in [2.05, 4.69) is 24.3 Å². The molecule has 3 aromatic carbocycles. The third kappa shape index (κ3) is 2.58. The molecule has 1 aliphatic heterocycles. The van der Waals surface area contributed by atoms with E-state index in [9.17, 15) is 0 Å². The fourth-order valence-corrected chi connectivity index (χ4v) is 3.74. The van der Waals surface area contributed by atoms with Crippen molar-refractivity contribution < 1.29 is 14.6 Å². The number of nitrogens with two attached hydrogens (primary N) is 2. The minimum atomic E-state index is 0.663. The molecule has 0 atom stereocenters. The SMILES string of the molecule is COc1ccc2cc(-c3c4ccc(=[NH2+])cc-4oc4cc(N)ccc34)ccc2c1. The van der Waals surface area contributed by atoms with Crippen LogP contribution in [-0.4, -0.2) is 7.11 Å². The Hall–Kier alpha value is -3.79. The van der Waals surface area contributed by atoms with Gasteiger partial charge in [-0.3, -0.25) is 5.41 Å². The lowest BCUT2D eigenvalue weighted by Crippen LogP contribution is -2.44. The van der Waals surface area contributed by atoms with Crippen molar-refractivity contribution >= 4 is 27.4 Å². The maximum atomic E-state index is 6.11. The summed E-state index contributed by atoms with van der Waals surface area (Å²) >= 11 is 0. The Labute approximate surface area is 161 Å². The van der Waals surface area contributed by atoms with E-state index in [0.29, 0.717) is 11.0 Å². The van der Waals surface area contributed by atoms with Crippen LogP contribution in [-0.2, 0) is 0 Å². The summed E-state index contributed by atoms with van der Waals surface area (Å²) in [6, 6.07) is 24.1. The Balaban J connectivity index is 1.86. The lowest BCUT2D eigenvalue weighted by molar-refractivity contribution is -0.172. The third-order valence-corrected chi connectivity index (χ3v) is 5.11. The fraction of sp³-hybridized carbons (Fsp3) is 0.0417. The molecule has 3 aromatic rings. The van der Waals surface area contributed by atoms with E-state index in [0.717, 1.165) is 49.9 Å². The standard InChI is InChI=1S/C24H18N2O2/c1-27-19-7-4-14-10-16(3-2-15(14)11-19)24-20-8-5-17(25)12-22(20)28-23-13-18(26)6-9-21(23)24/h2-13,25H,26H2,1H3/p+1. The first-order valence-corrected chi connectivity index (χ1v) is 9.05. The molecule has 0 radical (unpaired) electrons. The zero-order valence-corrected chi connectivity index (χ0v) is 15.4. The van der Waals surface area contributed by atoms with Gasteiger partial charge in [0.1, 0.15) is 17.1 Å². The highest BCUT2D eigenvalue weighted by atomic mass is 16.5. The predicted molar refractivity (Wildman–Crippen MR) is 112 cm³/mol. The summed E-state index contributed by atoms with van der Waals surface area (Å²) in [6.45, 7) is 0. The lowest BCUT2D eigenvalue weighted by atomic mass is 9.92. The van der Waals surface area contributed by atoms with E-state index in [1.54, 1.807) is 7.11 Å². The van der Waals surface area contributed by atoms with Crippen molar-refractivity contribution in [2.24, 2.45) is 0 Å². The predicted octanol–water partition coefficient (Wildman–Crippen LogP) is 3.61. The first-order chi connectivity index (χ1) is 13.6. The molecule has 0 bridgehead atoms. The average Bonchev–Trinajstić information content (AvgIpc) is 2.71. The summed E-state index contributed by atoms with van der Waals surface area (Å²) in [4.78, 5) is 0. The maximum absolute atomic E-state index is 6.11. The molecule has 0 aromatic heterocycles. The van der Waals surface area contributed by atoms with Gasteiger partial charge in [-0.2, -0.15) is 0 Å². The lowest BCUT2D eigenvalue weighted by Gasteiger charge is -2.15. The van der Waals surface area contributed by atoms with Crippen molar-refractivity contribution in [2.45, 2.75) is 0 Å². The van der Waals surface area contributed by atoms with Gasteiger partial charge in [-0.1, -0.05) is 18.2 Å². The Morgan fingerprint density at radius 3 is 2.54 bits per heavy atom. The van der Waals surface area contributed by atoms with Crippen LogP contribution < -0.4 is 21.2 Å². The van der Waals surface area contributed by atoms with Gasteiger partial charge in [0.25, 0.3) is 0 Å². The van der Waals surface area contributed by atoms with E-state index in [1.807, 2.05) is 48.5 Å². The molecule has 1 aliphatic carbocycles. The summed E-state index contributed by atoms with van der Waals surface area (Å²) in [5.41, 5.74) is 10.6. The third-order valence-electron chi connectivity index (χ3n) is 5.11. The molecule has 28 heavy (non-hydrogen) atoms. The molecule has 0 saturated carbocycles. The summed E-state index contributed by atoms with van der Waals surface area (Å²) in [5, 5.41) is 9.94. The first kappa shape index (κ1) is 16.4. The molecule has 4 heteroatoms. The van der Waals surface area contributed by atoms with Crippen molar-refractivity contribution in [1.82, 2.24) is 0 Å². The molecule has 2 aliphatic rings. The summed E-state index contributed by atoms with van der Waals surface area (Å²) in [7, 11) is 1.68. The Morgan fingerprint density at radius 2 is 1.68 bits per heavy atom. The highest BCUT2D eigenvalue weighted by Crippen LogP contribution is 2.41. The van der Waals surface area contributed by atoms with Crippen LogP contribution in [0.4, 0.5) is 5.69 Å². The van der Waals surface area contributed by atoms with Gasteiger partial charge in [0.2, 0.25) is 0 Å². The minimum absolute atomic E-state index is 0.663. The molecule has 5 rings (SSSR count). The van der Waals surface area contributed by atoms with Gasteiger partial charge in [-0.15, -0.1) is 0 Å². The second kappa shape index (κ2) is 6.13. The maximum Gasteiger partial charge on any atom is 0.200 e. The summed E-state index contributed by atoms with van der Waals surface area (Å²) < 4.78 is 11.5. The van der Waals surface area contributed by atoms with Gasteiger partial charge in [0.05, 0.1) is 13.2 Å². The van der Waals surface area contributed by atoms with E-state index in [1.165, 1.54) is 0 Å². The number of nitrogen functional groups attached to an aromatic ring is 1. The number of fused-ring (bicyclic) bond motifs is 3. The van der Waals surface area contributed by atoms with Gasteiger partial charge in [0.15, 0.2) is 5.36 Å². The second-order valence-corrected chi connectivity index (χ2v) is 6.92. The molecule has 0 unspecified atom stereocenters. The van der Waals surface area contributed by atoms with Crippen molar-refractivity contribution in [3.05, 3.63) is 78.2 Å². The van der Waals surface area contributed by atoms with Gasteiger partial charge >= 0.3 is 0 Å².